The fourth-order valence-corrected chi connectivity index (χ4v) is 1.65. The van der Waals surface area contributed by atoms with Crippen LogP contribution in [0.15, 0.2) is 43.0 Å². The third kappa shape index (κ3) is 3.81. The fourth-order valence-electron chi connectivity index (χ4n) is 1.65. The van der Waals surface area contributed by atoms with Crippen LogP contribution >= 0.6 is 0 Å². The van der Waals surface area contributed by atoms with Crippen molar-refractivity contribution in [1.29, 1.82) is 0 Å². The van der Waals surface area contributed by atoms with Gasteiger partial charge in [-0.3, -0.25) is 10.0 Å². The van der Waals surface area contributed by atoms with Crippen molar-refractivity contribution in [3.63, 3.8) is 0 Å². The number of halogens is 1. The second-order valence-corrected chi connectivity index (χ2v) is 4.29. The minimum absolute atomic E-state index is 0. The molecule has 102 valence electrons. The van der Waals surface area contributed by atoms with Crippen molar-refractivity contribution in [2.75, 3.05) is 5.06 Å². The number of benzene rings is 1. The van der Waals surface area contributed by atoms with Gasteiger partial charge in [-0.2, -0.15) is 5.06 Å². The van der Waals surface area contributed by atoms with Crippen LogP contribution in [0.1, 0.15) is 5.56 Å². The number of carbonyl (C=O) groups excluding carboxylic acids is 1. The molecule has 0 radical (unpaired) electrons. The molecule has 0 saturated heterocycles. The molecule has 0 bridgehead atoms. The van der Waals surface area contributed by atoms with E-state index >= 15 is 0 Å². The van der Waals surface area contributed by atoms with Gasteiger partial charge in [0.15, 0.2) is 6.54 Å². The molecule has 0 atom stereocenters. The highest BCUT2D eigenvalue weighted by atomic mass is 35.5. The van der Waals surface area contributed by atoms with Crippen LogP contribution in [0.3, 0.4) is 0 Å². The number of carbonyl (C=O) groups is 1. The molecule has 0 unspecified atom stereocenters. The van der Waals surface area contributed by atoms with Gasteiger partial charge in [0.05, 0.1) is 12.7 Å². The predicted octanol–water partition coefficient (Wildman–Crippen LogP) is -1.95. The minimum atomic E-state index is -0.380. The van der Waals surface area contributed by atoms with Crippen LogP contribution in [0.2, 0.25) is 0 Å². The SMILES string of the molecule is Cc1ccc(N(O)C(=O)Cn2cc[n+](C)c2)cc1.[Cl-]. The number of amides is 1. The molecule has 0 aliphatic carbocycles. The molecule has 0 aliphatic rings. The summed E-state index contributed by atoms with van der Waals surface area (Å²) in [5.74, 6) is -0.380. The van der Waals surface area contributed by atoms with Crippen LogP contribution < -0.4 is 22.0 Å². The zero-order valence-corrected chi connectivity index (χ0v) is 11.6. The highest BCUT2D eigenvalue weighted by Crippen LogP contribution is 2.13. The van der Waals surface area contributed by atoms with Crippen molar-refractivity contribution in [2.24, 2.45) is 7.05 Å². The van der Waals surface area contributed by atoms with Gasteiger partial charge in [-0.05, 0) is 19.1 Å². The van der Waals surface area contributed by atoms with Gasteiger partial charge in [0.1, 0.15) is 12.4 Å². The van der Waals surface area contributed by atoms with Crippen molar-refractivity contribution in [1.82, 2.24) is 4.57 Å². The highest BCUT2D eigenvalue weighted by Gasteiger charge is 2.16. The maximum Gasteiger partial charge on any atom is 0.292 e. The molecule has 6 heteroatoms. The van der Waals surface area contributed by atoms with E-state index in [0.717, 1.165) is 5.56 Å². The standard InChI is InChI=1S/C13H16N3O2.ClH/c1-11-3-5-12(6-4-11)16(18)13(17)9-15-8-7-14(2)10-15;/h3-8,10,18H,9H2,1-2H3;1H/q+1;/p-1. The zero-order valence-electron chi connectivity index (χ0n) is 10.8. The molecule has 5 nitrogen and oxygen atoms in total. The summed E-state index contributed by atoms with van der Waals surface area (Å²) in [6.45, 7) is 2.05. The Balaban J connectivity index is 0.00000180. The highest BCUT2D eigenvalue weighted by molar-refractivity contribution is 5.90. The van der Waals surface area contributed by atoms with Crippen LogP contribution in [-0.2, 0) is 18.4 Å². The Morgan fingerprint density at radius 1 is 1.37 bits per heavy atom. The molecule has 1 aromatic heterocycles. The first kappa shape index (κ1) is 15.2. The third-order valence-corrected chi connectivity index (χ3v) is 2.66. The van der Waals surface area contributed by atoms with Crippen LogP contribution in [0.5, 0.6) is 0 Å². The number of hydrogen-bond donors (Lipinski definition) is 1. The molecule has 19 heavy (non-hydrogen) atoms. The largest absolute Gasteiger partial charge is 1.00 e. The molecular weight excluding hydrogens is 266 g/mol. The molecule has 0 spiro atoms. The fraction of sp³-hybridized carbons (Fsp3) is 0.231. The van der Waals surface area contributed by atoms with Gasteiger partial charge in [-0.15, -0.1) is 0 Å². The molecule has 0 saturated carbocycles. The molecule has 0 aliphatic heterocycles. The summed E-state index contributed by atoms with van der Waals surface area (Å²) in [6, 6.07) is 7.12. The molecule has 1 N–H and O–H groups in total. The van der Waals surface area contributed by atoms with Crippen LogP contribution in [0, 0.1) is 6.92 Å². The Kier molecular flexibility index (Phi) is 5.09. The van der Waals surface area contributed by atoms with E-state index in [-0.39, 0.29) is 24.9 Å². The van der Waals surface area contributed by atoms with E-state index in [9.17, 15) is 10.0 Å². The van der Waals surface area contributed by atoms with Crippen LogP contribution in [0.25, 0.3) is 0 Å². The summed E-state index contributed by atoms with van der Waals surface area (Å²) >= 11 is 0. The smallest absolute Gasteiger partial charge is 0.292 e. The monoisotopic (exact) mass is 281 g/mol. The van der Waals surface area contributed by atoms with Crippen molar-refractivity contribution in [2.45, 2.75) is 13.5 Å². The molecule has 2 aromatic rings. The Bertz CT molecular complexity index is 551. The minimum Gasteiger partial charge on any atom is -1.00 e. The van der Waals surface area contributed by atoms with E-state index < -0.39 is 0 Å². The Labute approximate surface area is 118 Å². The van der Waals surface area contributed by atoms with Gasteiger partial charge >= 0.3 is 0 Å². The number of aromatic nitrogens is 2. The van der Waals surface area contributed by atoms with Gasteiger partial charge in [0.2, 0.25) is 6.33 Å². The normalized spacial score (nSPS) is 9.84. The lowest BCUT2D eigenvalue weighted by Gasteiger charge is -2.13. The average Bonchev–Trinajstić information content (AvgIpc) is 2.75. The number of hydrogen-bond acceptors (Lipinski definition) is 2. The quantitative estimate of drug-likeness (QED) is 0.404. The van der Waals surface area contributed by atoms with Crippen molar-refractivity contribution in [3.8, 4) is 0 Å². The first-order valence-electron chi connectivity index (χ1n) is 5.66. The molecule has 1 aromatic carbocycles. The summed E-state index contributed by atoms with van der Waals surface area (Å²) in [6.07, 6.45) is 5.39. The Morgan fingerprint density at radius 3 is 2.53 bits per heavy atom. The summed E-state index contributed by atoms with van der Waals surface area (Å²) in [4.78, 5) is 11.9. The van der Waals surface area contributed by atoms with Crippen molar-refractivity contribution in [3.05, 3.63) is 48.5 Å². The molecular formula is C13H16ClN3O2. The molecule has 1 amide bonds. The Hall–Kier alpha value is -1.85. The Morgan fingerprint density at radius 2 is 2.00 bits per heavy atom. The number of hydroxylamine groups is 1. The molecule has 2 rings (SSSR count). The van der Waals surface area contributed by atoms with E-state index in [1.165, 1.54) is 0 Å². The lowest BCUT2D eigenvalue weighted by Crippen LogP contribution is -3.00. The van der Waals surface area contributed by atoms with E-state index in [1.807, 2.05) is 36.9 Å². The van der Waals surface area contributed by atoms with Gasteiger partial charge in [-0.1, -0.05) is 17.7 Å². The average molecular weight is 282 g/mol. The number of imidazole rings is 1. The predicted molar refractivity (Wildman–Crippen MR) is 66.1 cm³/mol. The lowest BCUT2D eigenvalue weighted by molar-refractivity contribution is -0.671. The lowest BCUT2D eigenvalue weighted by atomic mass is 10.2. The molecule has 0 fully saturated rings. The molecule has 1 heterocycles. The van der Waals surface area contributed by atoms with E-state index in [4.69, 9.17) is 0 Å². The topological polar surface area (TPSA) is 49.4 Å². The van der Waals surface area contributed by atoms with Gasteiger partial charge in [-0.25, -0.2) is 9.13 Å². The number of anilines is 1. The van der Waals surface area contributed by atoms with E-state index in [0.29, 0.717) is 10.8 Å². The maximum atomic E-state index is 11.9. The van der Waals surface area contributed by atoms with Crippen LogP contribution in [-0.4, -0.2) is 15.7 Å². The number of nitrogens with zero attached hydrogens (tertiary/aromatic N) is 3. The van der Waals surface area contributed by atoms with Gasteiger partial charge < -0.3 is 12.4 Å². The van der Waals surface area contributed by atoms with E-state index in [1.54, 1.807) is 29.2 Å². The summed E-state index contributed by atoms with van der Waals surface area (Å²) in [7, 11) is 1.87. The summed E-state index contributed by atoms with van der Waals surface area (Å²) in [5.41, 5.74) is 1.55. The zero-order chi connectivity index (χ0) is 13.1. The maximum absolute atomic E-state index is 11.9. The van der Waals surface area contributed by atoms with Crippen molar-refractivity contribution < 1.29 is 27.0 Å². The van der Waals surface area contributed by atoms with Gasteiger partial charge in [0.25, 0.3) is 5.91 Å². The number of aryl methyl sites for hydroxylation is 2. The second kappa shape index (κ2) is 6.36. The summed E-state index contributed by atoms with van der Waals surface area (Å²) < 4.78 is 3.54. The van der Waals surface area contributed by atoms with E-state index in [2.05, 4.69) is 0 Å². The first-order chi connectivity index (χ1) is 8.56. The van der Waals surface area contributed by atoms with Gasteiger partial charge in [0, 0.05) is 0 Å². The van der Waals surface area contributed by atoms with Crippen molar-refractivity contribution >= 4 is 11.6 Å². The summed E-state index contributed by atoms with van der Waals surface area (Å²) in [5, 5.41) is 10.5. The third-order valence-electron chi connectivity index (χ3n) is 2.66. The van der Waals surface area contributed by atoms with Crippen LogP contribution in [0.4, 0.5) is 5.69 Å². The number of rotatable bonds is 3. The second-order valence-electron chi connectivity index (χ2n) is 4.29. The first-order valence-corrected chi connectivity index (χ1v) is 5.66.